The molecule has 1 N–H and O–H groups in total. The minimum atomic E-state index is -3.63. The Kier molecular flexibility index (Phi) is 5.75. The molecule has 0 amide bonds. The smallest absolute Gasteiger partial charge is 0.335 e. The molecule has 2 rings (SSSR count). The number of aliphatic carboxylic acids is 1. The number of nitrogens with zero attached hydrogens (tertiary/aromatic N) is 4. The lowest BCUT2D eigenvalue weighted by atomic mass is 9.98. The van der Waals surface area contributed by atoms with E-state index in [1.165, 1.54) is 0 Å². The van der Waals surface area contributed by atoms with Crippen LogP contribution in [-0.2, 0) is 37.3 Å². The van der Waals surface area contributed by atoms with E-state index in [1.807, 2.05) is 0 Å². The zero-order valence-corrected chi connectivity index (χ0v) is 15.4. The van der Waals surface area contributed by atoms with E-state index in [-0.39, 0.29) is 37.5 Å². The molecule has 26 heavy (non-hydrogen) atoms. The molecule has 0 unspecified atom stereocenters. The molecule has 12 nitrogen and oxygen atoms in total. The van der Waals surface area contributed by atoms with Crippen LogP contribution < -0.4 is 0 Å². The van der Waals surface area contributed by atoms with Crippen LogP contribution in [0.5, 0.6) is 0 Å². The van der Waals surface area contributed by atoms with E-state index < -0.39 is 42.0 Å². The summed E-state index contributed by atoms with van der Waals surface area (Å²) < 4.78 is 55.0. The summed E-state index contributed by atoms with van der Waals surface area (Å²) in [5.74, 6) is -1.91. The number of carboxylic acid groups (broad SMARTS) is 1. The van der Waals surface area contributed by atoms with Gasteiger partial charge in [-0.25, -0.2) is 16.8 Å². The van der Waals surface area contributed by atoms with Gasteiger partial charge in [0.1, 0.15) is 0 Å². The average molecular weight is 408 g/mol. The van der Waals surface area contributed by atoms with Crippen molar-refractivity contribution in [2.75, 3.05) is 12.5 Å². The number of carbonyl (C=O) groups is 1. The van der Waals surface area contributed by atoms with Crippen LogP contribution in [0.1, 0.15) is 24.6 Å². The number of carboxylic acids is 1. The van der Waals surface area contributed by atoms with Gasteiger partial charge in [-0.05, 0) is 12.8 Å². The van der Waals surface area contributed by atoms with Gasteiger partial charge in [-0.15, -0.1) is 10.2 Å². The van der Waals surface area contributed by atoms with E-state index in [1.54, 1.807) is 0 Å². The lowest BCUT2D eigenvalue weighted by molar-refractivity contribution is -0.142. The maximum atomic E-state index is 11.3. The van der Waals surface area contributed by atoms with Crippen molar-refractivity contribution < 1.29 is 35.6 Å². The molecule has 0 aromatic carbocycles. The van der Waals surface area contributed by atoms with Crippen LogP contribution in [-0.4, -0.2) is 60.8 Å². The van der Waals surface area contributed by atoms with Gasteiger partial charge in [0.25, 0.3) is 0 Å². The second-order valence-electron chi connectivity index (χ2n) is 5.58. The third-order valence-electron chi connectivity index (χ3n) is 3.29. The molecule has 0 atom stereocenters. The highest BCUT2D eigenvalue weighted by molar-refractivity contribution is 7.90. The van der Waals surface area contributed by atoms with Crippen LogP contribution in [0.4, 0.5) is 0 Å². The van der Waals surface area contributed by atoms with Crippen LogP contribution in [0.2, 0.25) is 0 Å². The predicted molar refractivity (Wildman–Crippen MR) is 82.6 cm³/mol. The maximum absolute atomic E-state index is 11.3. The minimum Gasteiger partial charge on any atom is -0.481 e. The lowest BCUT2D eigenvalue weighted by Gasteiger charge is -2.09. The molecular formula is C12H16N4O8S2. The summed E-state index contributed by atoms with van der Waals surface area (Å²) in [4.78, 5) is 11.3. The van der Waals surface area contributed by atoms with Crippen molar-refractivity contribution in [2.45, 2.75) is 36.1 Å². The second kappa shape index (κ2) is 7.49. The Labute approximate surface area is 148 Å². The Morgan fingerprint density at radius 3 is 1.54 bits per heavy atom. The van der Waals surface area contributed by atoms with E-state index >= 15 is 0 Å². The van der Waals surface area contributed by atoms with Crippen molar-refractivity contribution in [1.82, 2.24) is 20.4 Å². The monoisotopic (exact) mass is 408 g/mol. The van der Waals surface area contributed by atoms with Gasteiger partial charge in [-0.2, -0.15) is 0 Å². The van der Waals surface area contributed by atoms with E-state index in [2.05, 4.69) is 20.4 Å². The van der Waals surface area contributed by atoms with Crippen molar-refractivity contribution in [3.63, 3.8) is 0 Å². The fourth-order valence-corrected chi connectivity index (χ4v) is 2.84. The molecule has 14 heteroatoms. The van der Waals surface area contributed by atoms with Crippen LogP contribution in [0.3, 0.4) is 0 Å². The number of hydrogen-bond acceptors (Lipinski definition) is 11. The molecule has 0 bridgehead atoms. The van der Waals surface area contributed by atoms with Gasteiger partial charge in [0.05, 0.1) is 5.92 Å². The fourth-order valence-electron chi connectivity index (χ4n) is 1.96. The Morgan fingerprint density at radius 2 is 1.27 bits per heavy atom. The summed E-state index contributed by atoms with van der Waals surface area (Å²) in [5, 5.41) is 22.1. The highest BCUT2D eigenvalue weighted by atomic mass is 32.2. The first-order chi connectivity index (χ1) is 12.0. The van der Waals surface area contributed by atoms with Crippen molar-refractivity contribution >= 4 is 25.6 Å². The number of aryl methyl sites for hydroxylation is 2. The van der Waals surface area contributed by atoms with Gasteiger partial charge in [-0.1, -0.05) is 10.2 Å². The standard InChI is InChI=1S/C12H16N4O8S2/c1-25(19,20)11-15-13-8(23-11)5-3-7(10(17)18)4-6-9-14-16-12(24-9)26(2,21)22/h7H,3-6H2,1-2H3,(H,17,18). The number of rotatable bonds is 9. The molecule has 2 aromatic rings. The summed E-state index contributed by atoms with van der Waals surface area (Å²) in [6.07, 6.45) is 2.18. The van der Waals surface area contributed by atoms with Gasteiger partial charge in [-0.3, -0.25) is 4.79 Å². The van der Waals surface area contributed by atoms with Gasteiger partial charge >= 0.3 is 16.4 Å². The first-order valence-electron chi connectivity index (χ1n) is 7.24. The number of aromatic nitrogens is 4. The predicted octanol–water partition coefficient (Wildman–Crippen LogP) is -0.474. The molecule has 0 aliphatic rings. The molecule has 0 saturated carbocycles. The van der Waals surface area contributed by atoms with Crippen LogP contribution in [0.15, 0.2) is 19.3 Å². The highest BCUT2D eigenvalue weighted by Gasteiger charge is 2.23. The van der Waals surface area contributed by atoms with Crippen molar-refractivity contribution in [3.8, 4) is 0 Å². The normalized spacial score (nSPS) is 12.6. The zero-order valence-electron chi connectivity index (χ0n) is 13.8. The first kappa shape index (κ1) is 20.0. The molecular weight excluding hydrogens is 392 g/mol. The van der Waals surface area contributed by atoms with Crippen molar-refractivity contribution in [1.29, 1.82) is 0 Å². The summed E-state index contributed by atoms with van der Waals surface area (Å²) in [7, 11) is -7.25. The van der Waals surface area contributed by atoms with E-state index in [4.69, 9.17) is 8.83 Å². The van der Waals surface area contributed by atoms with Crippen molar-refractivity contribution in [3.05, 3.63) is 11.8 Å². The van der Waals surface area contributed by atoms with E-state index in [9.17, 15) is 26.7 Å². The van der Waals surface area contributed by atoms with Crippen LogP contribution in [0, 0.1) is 5.92 Å². The molecule has 2 aromatic heterocycles. The quantitative estimate of drug-likeness (QED) is 0.563. The van der Waals surface area contributed by atoms with Crippen molar-refractivity contribution in [2.24, 2.45) is 5.92 Å². The SMILES string of the molecule is CS(=O)(=O)c1nnc(CCC(CCc2nnc(S(C)(=O)=O)o2)C(=O)O)o1. The zero-order chi connectivity index (χ0) is 19.5. The summed E-state index contributed by atoms with van der Waals surface area (Å²) >= 11 is 0. The molecule has 0 aliphatic heterocycles. The van der Waals surface area contributed by atoms with E-state index in [0.29, 0.717) is 0 Å². The average Bonchev–Trinajstić information content (AvgIpc) is 3.14. The molecule has 0 saturated heterocycles. The summed E-state index contributed by atoms with van der Waals surface area (Å²) in [6, 6.07) is 0. The Hall–Kier alpha value is -2.35. The molecule has 2 heterocycles. The lowest BCUT2D eigenvalue weighted by Crippen LogP contribution is -2.15. The Bertz CT molecular complexity index is 918. The molecule has 0 fully saturated rings. The molecule has 144 valence electrons. The molecule has 0 aliphatic carbocycles. The third kappa shape index (κ3) is 5.32. The summed E-state index contributed by atoms with van der Waals surface area (Å²) in [5.41, 5.74) is 0. The van der Waals surface area contributed by atoms with Gasteiger partial charge in [0.15, 0.2) is 0 Å². The second-order valence-corrected chi connectivity index (χ2v) is 9.37. The van der Waals surface area contributed by atoms with E-state index in [0.717, 1.165) is 12.5 Å². The van der Waals surface area contributed by atoms with Gasteiger partial charge in [0.2, 0.25) is 31.5 Å². The maximum Gasteiger partial charge on any atom is 0.335 e. The van der Waals surface area contributed by atoms with Crippen LogP contribution >= 0.6 is 0 Å². The third-order valence-corrected chi connectivity index (χ3v) is 4.89. The van der Waals surface area contributed by atoms with Crippen LogP contribution in [0.25, 0.3) is 0 Å². The molecule has 0 spiro atoms. The highest BCUT2D eigenvalue weighted by Crippen LogP contribution is 2.18. The molecule has 0 radical (unpaired) electrons. The Morgan fingerprint density at radius 1 is 0.885 bits per heavy atom. The minimum absolute atomic E-state index is 0.00817. The summed E-state index contributed by atoms with van der Waals surface area (Å²) in [6.45, 7) is 0. The number of sulfone groups is 2. The fraction of sp³-hybridized carbons (Fsp3) is 0.583. The van der Waals surface area contributed by atoms with Gasteiger partial charge < -0.3 is 13.9 Å². The van der Waals surface area contributed by atoms with Gasteiger partial charge in [0, 0.05) is 25.4 Å². The topological polar surface area (TPSA) is 183 Å². The number of hydrogen-bond donors (Lipinski definition) is 1. The largest absolute Gasteiger partial charge is 0.481 e. The Balaban J connectivity index is 1.96. The first-order valence-corrected chi connectivity index (χ1v) is 11.0.